The number of aliphatic hydroxyl groups excluding tert-OH is 6. The second kappa shape index (κ2) is 33.2. The van der Waals surface area contributed by atoms with Gasteiger partial charge in [-0.2, -0.15) is 0 Å². The highest BCUT2D eigenvalue weighted by atomic mass is 127. The first-order chi connectivity index (χ1) is 27.2. The first-order valence-electron chi connectivity index (χ1n) is 19.3. The molecule has 332 valence electrons. The van der Waals surface area contributed by atoms with E-state index in [0.29, 0.717) is 19.6 Å². The van der Waals surface area contributed by atoms with E-state index in [0.717, 1.165) is 6.29 Å². The Balaban J connectivity index is 6.02. The van der Waals surface area contributed by atoms with E-state index in [1.807, 2.05) is 27.8 Å². The molecule has 0 bridgehead atoms. The summed E-state index contributed by atoms with van der Waals surface area (Å²) in [4.78, 5) is 79.5. The lowest BCUT2D eigenvalue weighted by molar-refractivity contribution is -0.144. The minimum atomic E-state index is -1.12. The molecule has 0 aliphatic carbocycles. The second-order valence-electron chi connectivity index (χ2n) is 13.6. The van der Waals surface area contributed by atoms with E-state index in [1.165, 1.54) is 0 Å². The number of hydrogen-bond acceptors (Lipinski definition) is 16. The van der Waals surface area contributed by atoms with Crippen molar-refractivity contribution in [3.63, 3.8) is 0 Å². The Morgan fingerprint density at radius 2 is 0.965 bits per heavy atom. The highest BCUT2D eigenvalue weighted by Crippen LogP contribution is 2.15. The fourth-order valence-corrected chi connectivity index (χ4v) is 6.14. The number of carbonyl (C=O) groups excluding carboxylic acids is 4. The summed E-state index contributed by atoms with van der Waals surface area (Å²) in [6.07, 6.45) is -1.47. The lowest BCUT2D eigenvalue weighted by atomic mass is 10.1. The third-order valence-corrected chi connectivity index (χ3v) is 9.77. The van der Waals surface area contributed by atoms with Crippen molar-refractivity contribution < 1.29 is 69.6 Å². The Bertz CT molecular complexity index is 1160. The lowest BCUT2D eigenvalue weighted by Crippen LogP contribution is -2.51. The zero-order valence-electron chi connectivity index (χ0n) is 32.8. The molecule has 57 heavy (non-hydrogen) atoms. The van der Waals surface area contributed by atoms with E-state index in [-0.39, 0.29) is 104 Å². The third-order valence-electron chi connectivity index (χ3n) is 9.23. The van der Waals surface area contributed by atoms with Gasteiger partial charge in [0.25, 0.3) is 0 Å². The monoisotopic (exact) mass is 935 g/mol. The zero-order chi connectivity index (χ0) is 43.2. The van der Waals surface area contributed by atoms with Gasteiger partial charge in [0, 0.05) is 101 Å². The number of nitrogens with zero attached hydrogens (tertiary/aromatic N) is 3. The first kappa shape index (κ1) is 54.3. The van der Waals surface area contributed by atoms with Crippen LogP contribution in [0.2, 0.25) is 0 Å². The van der Waals surface area contributed by atoms with E-state index in [1.54, 1.807) is 16.7 Å². The Labute approximate surface area is 348 Å². The van der Waals surface area contributed by atoms with Gasteiger partial charge in [0.1, 0.15) is 18.4 Å². The molecule has 0 radical (unpaired) electrons. The summed E-state index contributed by atoms with van der Waals surface area (Å²) in [6, 6.07) is -2.73. The molecule has 6 atom stereocenters. The van der Waals surface area contributed by atoms with Crippen molar-refractivity contribution in [2.24, 2.45) is 0 Å². The van der Waals surface area contributed by atoms with Gasteiger partial charge in [0.05, 0.1) is 44.2 Å². The summed E-state index contributed by atoms with van der Waals surface area (Å²) >= 11 is 1.94. The number of hydrogen-bond donors (Lipinski definition) is 12. The second-order valence-corrected chi connectivity index (χ2v) is 14.4. The maximum Gasteiger partial charge on any atom is 0.320 e. The zero-order valence-corrected chi connectivity index (χ0v) is 35.0. The number of nitrogens with one attached hydrogen (secondary N) is 4. The molecule has 0 heterocycles. The Morgan fingerprint density at radius 1 is 0.596 bits per heavy atom. The molecule has 0 aromatic carbocycles. The molecule has 0 aromatic heterocycles. The third kappa shape index (κ3) is 25.4. The van der Waals surface area contributed by atoms with Crippen LogP contribution in [0.1, 0.15) is 64.7 Å². The van der Waals surface area contributed by atoms with Gasteiger partial charge in [-0.05, 0) is 45.1 Å². The maximum atomic E-state index is 12.6. The number of carboxylic acids is 2. The van der Waals surface area contributed by atoms with Crippen molar-refractivity contribution in [2.45, 2.75) is 101 Å². The summed E-state index contributed by atoms with van der Waals surface area (Å²) in [7, 11) is 0. The summed E-state index contributed by atoms with van der Waals surface area (Å²) in [5.74, 6) is -3.43. The van der Waals surface area contributed by atoms with Crippen LogP contribution in [0.15, 0.2) is 0 Å². The molecule has 0 aliphatic heterocycles. The molecule has 21 nitrogen and oxygen atoms in total. The standard InChI is InChI=1S/C35H66IN7O14/c1-2-41(29(34(54)55)7-4-10-32(52)38-19-27(49)23-46)14-15-42(25(21-44)6-3-9-31(51)37-18-26(48)22-45)16-17-43(13-12-40-36)30(35(56)57)8-5-11-33(53)39-20-28(50)24-47/h21,25-30,40,45-50H,2-20,22-24H2,1H3,(H,37,51)(H,38,52)(H,39,53)(H,54,55)(H,56,57). The molecule has 22 heteroatoms. The van der Waals surface area contributed by atoms with Crippen LogP contribution in [0.3, 0.4) is 0 Å². The van der Waals surface area contributed by atoms with Gasteiger partial charge >= 0.3 is 11.9 Å². The highest BCUT2D eigenvalue weighted by Gasteiger charge is 2.29. The smallest absolute Gasteiger partial charge is 0.320 e. The molecule has 0 spiro atoms. The molecular weight excluding hydrogens is 869 g/mol. The Hall–Kier alpha value is -2.65. The average Bonchev–Trinajstić information content (AvgIpc) is 3.19. The molecule has 0 saturated carbocycles. The molecular formula is C35H66IN7O14. The van der Waals surface area contributed by atoms with Crippen molar-refractivity contribution in [2.75, 3.05) is 85.3 Å². The topological polar surface area (TPSA) is 322 Å². The summed E-state index contributed by atoms with van der Waals surface area (Å²) in [6.45, 7) is 1.52. The molecule has 0 aliphatic rings. The van der Waals surface area contributed by atoms with E-state index >= 15 is 0 Å². The average molecular weight is 936 g/mol. The fraction of sp³-hybridized carbons (Fsp3) is 0.829. The van der Waals surface area contributed by atoms with E-state index < -0.39 is 85.9 Å². The minimum Gasteiger partial charge on any atom is -0.480 e. The van der Waals surface area contributed by atoms with Crippen LogP contribution in [0.5, 0.6) is 0 Å². The van der Waals surface area contributed by atoms with Gasteiger partial charge in [-0.3, -0.25) is 42.2 Å². The molecule has 0 rings (SSSR count). The number of likely N-dealkylation sites (N-methyl/N-ethyl adjacent to an activating group) is 1. The summed E-state index contributed by atoms with van der Waals surface area (Å²) in [5, 5.41) is 83.2. The van der Waals surface area contributed by atoms with Crippen LogP contribution in [0.4, 0.5) is 0 Å². The number of amides is 3. The van der Waals surface area contributed by atoms with Crippen LogP contribution < -0.4 is 19.5 Å². The quantitative estimate of drug-likeness (QED) is 0.0162. The van der Waals surface area contributed by atoms with Crippen LogP contribution in [-0.4, -0.2) is 213 Å². The Kier molecular flexibility index (Phi) is 31.7. The Morgan fingerprint density at radius 3 is 1.32 bits per heavy atom. The number of aldehydes is 1. The molecule has 0 fully saturated rings. The number of carbonyl (C=O) groups is 6. The van der Waals surface area contributed by atoms with Gasteiger partial charge in [0.2, 0.25) is 17.7 Å². The van der Waals surface area contributed by atoms with Crippen LogP contribution >= 0.6 is 22.9 Å². The first-order valence-corrected chi connectivity index (χ1v) is 20.4. The molecule has 0 saturated heterocycles. The number of rotatable bonds is 37. The van der Waals surface area contributed by atoms with Crippen molar-refractivity contribution in [3.05, 3.63) is 0 Å². The van der Waals surface area contributed by atoms with Gasteiger partial charge in [-0.25, -0.2) is 0 Å². The van der Waals surface area contributed by atoms with Crippen molar-refractivity contribution in [1.29, 1.82) is 0 Å². The van der Waals surface area contributed by atoms with Crippen molar-refractivity contribution >= 4 is 58.8 Å². The van der Waals surface area contributed by atoms with Crippen LogP contribution in [-0.2, 0) is 28.8 Å². The van der Waals surface area contributed by atoms with Gasteiger partial charge < -0.3 is 61.6 Å². The summed E-state index contributed by atoms with van der Waals surface area (Å²) < 4.78 is 2.97. The molecule has 6 unspecified atom stereocenters. The van der Waals surface area contributed by atoms with Gasteiger partial charge in [0.15, 0.2) is 0 Å². The van der Waals surface area contributed by atoms with Gasteiger partial charge in [-0.15, -0.1) is 0 Å². The predicted molar refractivity (Wildman–Crippen MR) is 215 cm³/mol. The summed E-state index contributed by atoms with van der Waals surface area (Å²) in [5.41, 5.74) is 0. The number of carboxylic acid groups (broad SMARTS) is 2. The van der Waals surface area contributed by atoms with E-state index in [9.17, 15) is 54.3 Å². The van der Waals surface area contributed by atoms with Crippen molar-refractivity contribution in [1.82, 2.24) is 34.2 Å². The molecule has 3 amide bonds. The van der Waals surface area contributed by atoms with Crippen LogP contribution in [0.25, 0.3) is 0 Å². The number of aliphatic carboxylic acids is 2. The normalized spacial score (nSPS) is 14.8. The SMILES string of the molecule is CCN(CCN(CCN(CCNI)C(CCCC(=O)NCC(O)CO)C(=O)O)C(C=O)CCCC(=O)NCC(O)CO)C(CCCC(=O)NCC(O)CO)C(=O)O. The van der Waals surface area contributed by atoms with E-state index in [4.69, 9.17) is 15.3 Å². The number of halogens is 1. The fourth-order valence-electron chi connectivity index (χ4n) is 5.90. The molecule has 0 aromatic rings. The van der Waals surface area contributed by atoms with Crippen LogP contribution in [0, 0.1) is 0 Å². The van der Waals surface area contributed by atoms with Crippen molar-refractivity contribution in [3.8, 4) is 0 Å². The largest absolute Gasteiger partial charge is 0.480 e. The number of aliphatic hydroxyl groups is 6. The minimum absolute atomic E-state index is 0.00443. The maximum absolute atomic E-state index is 12.6. The lowest BCUT2D eigenvalue weighted by Gasteiger charge is -2.36. The molecule has 12 N–H and O–H groups in total. The van der Waals surface area contributed by atoms with Gasteiger partial charge in [-0.1, -0.05) is 6.92 Å². The van der Waals surface area contributed by atoms with E-state index in [2.05, 4.69) is 19.5 Å². The highest BCUT2D eigenvalue weighted by molar-refractivity contribution is 14.1. The predicted octanol–water partition coefficient (Wildman–Crippen LogP) is -3.76.